The molecule has 14 heavy (non-hydrogen) atoms. The first kappa shape index (κ1) is 9.38. The van der Waals surface area contributed by atoms with Gasteiger partial charge in [-0.1, -0.05) is 19.3 Å². The van der Waals surface area contributed by atoms with Gasteiger partial charge in [0.05, 0.1) is 0 Å². The van der Waals surface area contributed by atoms with Crippen LogP contribution >= 0.6 is 0 Å². The maximum atomic E-state index is 12.6. The zero-order valence-electron chi connectivity index (χ0n) is 8.00. The van der Waals surface area contributed by atoms with E-state index in [9.17, 15) is 9.18 Å². The molecule has 1 aromatic rings. The molecule has 2 rings (SSSR count). The molecule has 1 aliphatic carbocycles. The molecule has 0 radical (unpaired) electrons. The minimum atomic E-state index is -0.287. The van der Waals surface area contributed by atoms with Crippen molar-refractivity contribution in [2.24, 2.45) is 5.92 Å². The molecule has 0 saturated heterocycles. The van der Waals surface area contributed by atoms with E-state index < -0.39 is 0 Å². The Morgan fingerprint density at radius 2 is 1.93 bits per heavy atom. The fourth-order valence-corrected chi connectivity index (χ4v) is 1.71. The third kappa shape index (κ3) is 2.00. The molecule has 0 amide bonds. The highest BCUT2D eigenvalue weighted by molar-refractivity contribution is 5.96. The predicted molar refractivity (Wildman–Crippen MR) is 52.7 cm³/mol. The highest BCUT2D eigenvalue weighted by atomic mass is 19.1. The first-order chi connectivity index (χ1) is 6.75. The topological polar surface area (TPSA) is 17.1 Å². The summed E-state index contributed by atoms with van der Waals surface area (Å²) in [7, 11) is 0. The van der Waals surface area contributed by atoms with Crippen LogP contribution < -0.4 is 0 Å². The summed E-state index contributed by atoms with van der Waals surface area (Å²) >= 11 is 0. The van der Waals surface area contributed by atoms with Crippen molar-refractivity contribution in [1.29, 1.82) is 0 Å². The SMILES string of the molecule is O=C(CC1CCC1)c1ccc(F)cc1. The largest absolute Gasteiger partial charge is 0.294 e. The van der Waals surface area contributed by atoms with E-state index in [-0.39, 0.29) is 11.6 Å². The molecule has 2 heteroatoms. The Kier molecular flexibility index (Phi) is 2.62. The fraction of sp³-hybridized carbons (Fsp3) is 0.417. The van der Waals surface area contributed by atoms with Crippen molar-refractivity contribution in [1.82, 2.24) is 0 Å². The Morgan fingerprint density at radius 1 is 1.29 bits per heavy atom. The Morgan fingerprint density at radius 3 is 2.43 bits per heavy atom. The summed E-state index contributed by atoms with van der Waals surface area (Å²) in [5.41, 5.74) is 0.637. The van der Waals surface area contributed by atoms with Crippen molar-refractivity contribution in [3.63, 3.8) is 0 Å². The van der Waals surface area contributed by atoms with Crippen molar-refractivity contribution in [3.05, 3.63) is 35.6 Å². The Labute approximate surface area is 82.9 Å². The third-order valence-electron chi connectivity index (χ3n) is 2.87. The average molecular weight is 192 g/mol. The van der Waals surface area contributed by atoms with E-state index in [1.807, 2.05) is 0 Å². The predicted octanol–water partition coefficient (Wildman–Crippen LogP) is 3.20. The average Bonchev–Trinajstić information content (AvgIpc) is 2.12. The lowest BCUT2D eigenvalue weighted by molar-refractivity contribution is 0.0936. The van der Waals surface area contributed by atoms with Crippen LogP contribution in [-0.2, 0) is 0 Å². The highest BCUT2D eigenvalue weighted by Gasteiger charge is 2.21. The molecule has 0 heterocycles. The molecule has 74 valence electrons. The van der Waals surface area contributed by atoms with Crippen LogP contribution in [0.25, 0.3) is 0 Å². The monoisotopic (exact) mass is 192 g/mol. The van der Waals surface area contributed by atoms with Crippen molar-refractivity contribution >= 4 is 5.78 Å². The standard InChI is InChI=1S/C12H13FO/c13-11-6-4-10(5-7-11)12(14)8-9-2-1-3-9/h4-7,9H,1-3,8H2. The fourth-order valence-electron chi connectivity index (χ4n) is 1.71. The number of rotatable bonds is 3. The van der Waals surface area contributed by atoms with Crippen LogP contribution in [0.3, 0.4) is 0 Å². The summed E-state index contributed by atoms with van der Waals surface area (Å²) in [6, 6.07) is 5.81. The first-order valence-electron chi connectivity index (χ1n) is 5.04. The van der Waals surface area contributed by atoms with Gasteiger partial charge in [-0.05, 0) is 30.2 Å². The summed E-state index contributed by atoms with van der Waals surface area (Å²) in [6.07, 6.45) is 4.23. The van der Waals surface area contributed by atoms with E-state index in [1.54, 1.807) is 12.1 Å². The van der Waals surface area contributed by atoms with Gasteiger partial charge >= 0.3 is 0 Å². The van der Waals surface area contributed by atoms with Gasteiger partial charge in [-0.25, -0.2) is 4.39 Å². The van der Waals surface area contributed by atoms with Gasteiger partial charge in [0.1, 0.15) is 5.82 Å². The number of benzene rings is 1. The molecule has 0 atom stereocenters. The molecule has 1 aromatic carbocycles. The number of hydrogen-bond donors (Lipinski definition) is 0. The number of halogens is 1. The summed E-state index contributed by atoms with van der Waals surface area (Å²) in [6.45, 7) is 0. The second-order valence-electron chi connectivity index (χ2n) is 3.93. The van der Waals surface area contributed by atoms with E-state index in [0.717, 1.165) is 0 Å². The lowest BCUT2D eigenvalue weighted by atomic mass is 9.81. The zero-order chi connectivity index (χ0) is 9.97. The second kappa shape index (κ2) is 3.91. The summed E-state index contributed by atoms with van der Waals surface area (Å²) < 4.78 is 12.6. The molecule has 0 aromatic heterocycles. The van der Waals surface area contributed by atoms with Crippen LogP contribution in [0, 0.1) is 11.7 Å². The number of Topliss-reactive ketones (excluding diaryl/α,β-unsaturated/α-hetero) is 1. The molecule has 0 bridgehead atoms. The Balaban J connectivity index is 1.99. The third-order valence-corrected chi connectivity index (χ3v) is 2.87. The second-order valence-corrected chi connectivity index (χ2v) is 3.93. The van der Waals surface area contributed by atoms with Crippen molar-refractivity contribution in [2.45, 2.75) is 25.7 Å². The number of ketones is 1. The molecule has 0 N–H and O–H groups in total. The van der Waals surface area contributed by atoms with Gasteiger partial charge in [0, 0.05) is 12.0 Å². The van der Waals surface area contributed by atoms with Gasteiger partial charge in [-0.15, -0.1) is 0 Å². The van der Waals surface area contributed by atoms with Crippen LogP contribution in [0.4, 0.5) is 4.39 Å². The van der Waals surface area contributed by atoms with Gasteiger partial charge in [0.25, 0.3) is 0 Å². The van der Waals surface area contributed by atoms with Crippen molar-refractivity contribution in [3.8, 4) is 0 Å². The number of hydrogen-bond acceptors (Lipinski definition) is 1. The quantitative estimate of drug-likeness (QED) is 0.672. The number of carbonyl (C=O) groups excluding carboxylic acids is 1. The maximum Gasteiger partial charge on any atom is 0.163 e. The van der Waals surface area contributed by atoms with Gasteiger partial charge in [0.2, 0.25) is 0 Å². The molecule has 0 unspecified atom stereocenters. The van der Waals surface area contributed by atoms with Crippen LogP contribution in [0.15, 0.2) is 24.3 Å². The zero-order valence-corrected chi connectivity index (χ0v) is 8.00. The molecule has 1 aliphatic rings. The minimum Gasteiger partial charge on any atom is -0.294 e. The van der Waals surface area contributed by atoms with E-state index in [0.29, 0.717) is 17.9 Å². The molecular weight excluding hydrogens is 179 g/mol. The molecular formula is C12H13FO. The maximum absolute atomic E-state index is 12.6. The Bertz CT molecular complexity index is 325. The van der Waals surface area contributed by atoms with Gasteiger partial charge in [0.15, 0.2) is 5.78 Å². The van der Waals surface area contributed by atoms with Gasteiger partial charge in [-0.3, -0.25) is 4.79 Å². The molecule has 1 nitrogen and oxygen atoms in total. The van der Waals surface area contributed by atoms with Crippen molar-refractivity contribution < 1.29 is 9.18 Å². The smallest absolute Gasteiger partial charge is 0.163 e. The van der Waals surface area contributed by atoms with Gasteiger partial charge < -0.3 is 0 Å². The van der Waals surface area contributed by atoms with Crippen LogP contribution in [0.5, 0.6) is 0 Å². The van der Waals surface area contributed by atoms with Crippen molar-refractivity contribution in [2.75, 3.05) is 0 Å². The lowest BCUT2D eigenvalue weighted by Gasteiger charge is -2.24. The summed E-state index contributed by atoms with van der Waals surface area (Å²) in [5, 5.41) is 0. The first-order valence-corrected chi connectivity index (χ1v) is 5.04. The minimum absolute atomic E-state index is 0.148. The summed E-state index contributed by atoms with van der Waals surface area (Å²) in [4.78, 5) is 11.6. The van der Waals surface area contributed by atoms with Crippen LogP contribution in [-0.4, -0.2) is 5.78 Å². The Hall–Kier alpha value is -1.18. The van der Waals surface area contributed by atoms with Crippen LogP contribution in [0.1, 0.15) is 36.0 Å². The lowest BCUT2D eigenvalue weighted by Crippen LogP contribution is -2.15. The molecule has 0 spiro atoms. The van der Waals surface area contributed by atoms with Gasteiger partial charge in [-0.2, -0.15) is 0 Å². The molecule has 1 saturated carbocycles. The summed E-state index contributed by atoms with van der Waals surface area (Å²) in [5.74, 6) is 0.437. The van der Waals surface area contributed by atoms with E-state index in [4.69, 9.17) is 0 Å². The normalized spacial score (nSPS) is 16.4. The molecule has 0 aliphatic heterocycles. The van der Waals surface area contributed by atoms with E-state index >= 15 is 0 Å². The molecule has 1 fully saturated rings. The van der Waals surface area contributed by atoms with Crippen LogP contribution in [0.2, 0.25) is 0 Å². The highest BCUT2D eigenvalue weighted by Crippen LogP contribution is 2.30. The van der Waals surface area contributed by atoms with E-state index in [2.05, 4.69) is 0 Å². The number of carbonyl (C=O) groups is 1. The van der Waals surface area contributed by atoms with E-state index in [1.165, 1.54) is 31.4 Å².